The summed E-state index contributed by atoms with van der Waals surface area (Å²) in [5.41, 5.74) is -0.482. The second-order valence-corrected chi connectivity index (χ2v) is 5.18. The zero-order chi connectivity index (χ0) is 15.0. The van der Waals surface area contributed by atoms with Crippen LogP contribution in [-0.4, -0.2) is 42.9 Å². The third kappa shape index (κ3) is 2.63. The minimum absolute atomic E-state index is 0.157. The summed E-state index contributed by atoms with van der Waals surface area (Å²) >= 11 is 0. The number of piperidine rings is 1. The Morgan fingerprint density at radius 2 is 1.76 bits per heavy atom. The summed E-state index contributed by atoms with van der Waals surface area (Å²) in [4.78, 5) is 13.7. The average molecular weight is 301 g/mol. The third-order valence-electron chi connectivity index (χ3n) is 3.76. The van der Waals surface area contributed by atoms with E-state index in [0.29, 0.717) is 44.7 Å². The zero-order valence-corrected chi connectivity index (χ0v) is 11.2. The van der Waals surface area contributed by atoms with Gasteiger partial charge < -0.3 is 14.4 Å². The summed E-state index contributed by atoms with van der Waals surface area (Å²) in [6.07, 6.45) is 1.29. The van der Waals surface area contributed by atoms with Crippen LogP contribution in [0, 0.1) is 17.5 Å². The van der Waals surface area contributed by atoms with Gasteiger partial charge in [0.25, 0.3) is 5.91 Å². The van der Waals surface area contributed by atoms with Crippen molar-refractivity contribution in [2.75, 3.05) is 26.3 Å². The van der Waals surface area contributed by atoms with Crippen molar-refractivity contribution in [2.24, 2.45) is 0 Å². The van der Waals surface area contributed by atoms with Gasteiger partial charge in [0.15, 0.2) is 17.4 Å². The Kier molecular flexibility index (Phi) is 3.62. The van der Waals surface area contributed by atoms with E-state index in [1.54, 1.807) is 0 Å². The van der Waals surface area contributed by atoms with Crippen molar-refractivity contribution in [3.05, 3.63) is 35.1 Å². The van der Waals surface area contributed by atoms with Gasteiger partial charge in [-0.15, -0.1) is 0 Å². The number of likely N-dealkylation sites (tertiary alicyclic amines) is 1. The van der Waals surface area contributed by atoms with Crippen LogP contribution in [0.1, 0.15) is 23.2 Å². The molecule has 2 fully saturated rings. The second-order valence-electron chi connectivity index (χ2n) is 5.18. The average Bonchev–Trinajstić information content (AvgIpc) is 2.90. The van der Waals surface area contributed by atoms with E-state index in [9.17, 15) is 18.0 Å². The van der Waals surface area contributed by atoms with Crippen molar-refractivity contribution in [1.82, 2.24) is 4.90 Å². The number of hydrogen-bond acceptors (Lipinski definition) is 3. The molecule has 0 atom stereocenters. The minimum atomic E-state index is -1.32. The van der Waals surface area contributed by atoms with Gasteiger partial charge in [0.2, 0.25) is 0 Å². The Morgan fingerprint density at radius 3 is 2.48 bits per heavy atom. The van der Waals surface area contributed by atoms with Crippen LogP contribution >= 0.6 is 0 Å². The number of ether oxygens (including phenoxy) is 2. The standard InChI is InChI=1S/C14H14F3NO3/c15-10-7-12(17)11(16)6-9(10)13(19)18-3-1-2-14(8-18)20-4-5-21-14/h6-7H,1-5,8H2. The smallest absolute Gasteiger partial charge is 0.257 e. The number of benzene rings is 1. The van der Waals surface area contributed by atoms with E-state index in [-0.39, 0.29) is 6.54 Å². The first-order chi connectivity index (χ1) is 10.0. The molecule has 1 aromatic rings. The van der Waals surface area contributed by atoms with Gasteiger partial charge in [-0.05, 0) is 12.5 Å². The van der Waals surface area contributed by atoms with E-state index in [2.05, 4.69) is 0 Å². The Labute approximate surface area is 119 Å². The van der Waals surface area contributed by atoms with E-state index < -0.39 is 34.7 Å². The Hall–Kier alpha value is -1.60. The quantitative estimate of drug-likeness (QED) is 0.746. The fourth-order valence-corrected chi connectivity index (χ4v) is 2.75. The second kappa shape index (κ2) is 5.31. The highest BCUT2D eigenvalue weighted by Crippen LogP contribution is 2.31. The van der Waals surface area contributed by atoms with Crippen molar-refractivity contribution >= 4 is 5.91 Å². The van der Waals surface area contributed by atoms with Gasteiger partial charge in [-0.3, -0.25) is 4.79 Å². The molecule has 2 aliphatic heterocycles. The van der Waals surface area contributed by atoms with Crippen LogP contribution in [0.3, 0.4) is 0 Å². The first kappa shape index (κ1) is 14.3. The molecule has 4 nitrogen and oxygen atoms in total. The molecular formula is C14H14F3NO3. The maximum atomic E-state index is 13.7. The maximum Gasteiger partial charge on any atom is 0.257 e. The van der Waals surface area contributed by atoms with E-state index in [0.717, 1.165) is 0 Å². The number of carbonyl (C=O) groups is 1. The lowest BCUT2D eigenvalue weighted by molar-refractivity contribution is -0.183. The van der Waals surface area contributed by atoms with Crippen LogP contribution in [-0.2, 0) is 9.47 Å². The highest BCUT2D eigenvalue weighted by atomic mass is 19.2. The van der Waals surface area contributed by atoms with Crippen LogP contribution < -0.4 is 0 Å². The largest absolute Gasteiger partial charge is 0.346 e. The summed E-state index contributed by atoms with van der Waals surface area (Å²) in [7, 11) is 0. The topological polar surface area (TPSA) is 38.8 Å². The molecule has 1 spiro atoms. The van der Waals surface area contributed by atoms with Crippen LogP contribution in [0.4, 0.5) is 13.2 Å². The molecule has 2 heterocycles. The van der Waals surface area contributed by atoms with E-state index in [4.69, 9.17) is 9.47 Å². The highest BCUT2D eigenvalue weighted by Gasteiger charge is 2.42. The molecule has 0 bridgehead atoms. The number of rotatable bonds is 1. The first-order valence-corrected chi connectivity index (χ1v) is 6.72. The molecule has 0 aromatic heterocycles. The third-order valence-corrected chi connectivity index (χ3v) is 3.76. The van der Waals surface area contributed by atoms with Crippen LogP contribution in [0.2, 0.25) is 0 Å². The van der Waals surface area contributed by atoms with E-state index >= 15 is 0 Å². The van der Waals surface area contributed by atoms with Crippen molar-refractivity contribution in [3.63, 3.8) is 0 Å². The molecule has 1 aromatic carbocycles. The molecule has 0 aliphatic carbocycles. The van der Waals surface area contributed by atoms with Crippen LogP contribution in [0.25, 0.3) is 0 Å². The lowest BCUT2D eigenvalue weighted by Crippen LogP contribution is -2.51. The Morgan fingerprint density at radius 1 is 1.10 bits per heavy atom. The monoisotopic (exact) mass is 301 g/mol. The molecule has 7 heteroatoms. The number of halogens is 3. The van der Waals surface area contributed by atoms with E-state index in [1.165, 1.54) is 4.90 Å². The maximum absolute atomic E-state index is 13.7. The number of hydrogen-bond donors (Lipinski definition) is 0. The minimum Gasteiger partial charge on any atom is -0.346 e. The molecule has 0 N–H and O–H groups in total. The highest BCUT2D eigenvalue weighted by molar-refractivity contribution is 5.94. The summed E-state index contributed by atoms with van der Waals surface area (Å²) in [5, 5.41) is 0. The molecule has 2 aliphatic rings. The molecule has 0 unspecified atom stereocenters. The number of carbonyl (C=O) groups excluding carboxylic acids is 1. The van der Waals surface area contributed by atoms with Gasteiger partial charge in [-0.2, -0.15) is 0 Å². The molecule has 0 radical (unpaired) electrons. The predicted octanol–water partition coefficient (Wildman–Crippen LogP) is 2.08. The molecular weight excluding hydrogens is 287 g/mol. The van der Waals surface area contributed by atoms with Gasteiger partial charge >= 0.3 is 0 Å². The van der Waals surface area contributed by atoms with Gasteiger partial charge in [0, 0.05) is 19.0 Å². The Bertz CT molecular complexity index is 573. The number of nitrogens with zero attached hydrogens (tertiary/aromatic N) is 1. The van der Waals surface area contributed by atoms with Gasteiger partial charge in [0.1, 0.15) is 5.82 Å². The van der Waals surface area contributed by atoms with Gasteiger partial charge in [-0.25, -0.2) is 13.2 Å². The lowest BCUT2D eigenvalue weighted by Gasteiger charge is -2.38. The van der Waals surface area contributed by atoms with Crippen molar-refractivity contribution in [2.45, 2.75) is 18.6 Å². The SMILES string of the molecule is O=C(c1cc(F)c(F)cc1F)N1CCCC2(C1)OCCO2. The normalized spacial score (nSPS) is 21.0. The van der Waals surface area contributed by atoms with Gasteiger partial charge in [-0.1, -0.05) is 0 Å². The van der Waals surface area contributed by atoms with E-state index in [1.807, 2.05) is 0 Å². The lowest BCUT2D eigenvalue weighted by atomic mass is 10.0. The predicted molar refractivity (Wildman–Crippen MR) is 66.1 cm³/mol. The molecule has 3 rings (SSSR count). The van der Waals surface area contributed by atoms with Crippen LogP contribution in [0.5, 0.6) is 0 Å². The molecule has 1 amide bonds. The number of amides is 1. The van der Waals surface area contributed by atoms with Gasteiger partial charge in [0.05, 0.1) is 25.3 Å². The fraction of sp³-hybridized carbons (Fsp3) is 0.500. The zero-order valence-electron chi connectivity index (χ0n) is 11.2. The van der Waals surface area contributed by atoms with Crippen LogP contribution in [0.15, 0.2) is 12.1 Å². The van der Waals surface area contributed by atoms with Crippen molar-refractivity contribution in [1.29, 1.82) is 0 Å². The molecule has 2 saturated heterocycles. The van der Waals surface area contributed by atoms with Crippen molar-refractivity contribution < 1.29 is 27.4 Å². The summed E-state index contributed by atoms with van der Waals surface area (Å²) in [5.74, 6) is -5.18. The van der Waals surface area contributed by atoms with Crippen molar-refractivity contribution in [3.8, 4) is 0 Å². The summed E-state index contributed by atoms with van der Waals surface area (Å²) in [6, 6.07) is 0.968. The molecule has 114 valence electrons. The summed E-state index contributed by atoms with van der Waals surface area (Å²) < 4.78 is 50.9. The first-order valence-electron chi connectivity index (χ1n) is 6.72. The fourth-order valence-electron chi connectivity index (χ4n) is 2.75. The Balaban J connectivity index is 1.83. The summed E-state index contributed by atoms with van der Waals surface area (Å²) in [6.45, 7) is 1.44. The molecule has 21 heavy (non-hydrogen) atoms. The molecule has 0 saturated carbocycles.